The third-order valence-corrected chi connectivity index (χ3v) is 5.17. The van der Waals surface area contributed by atoms with Crippen molar-refractivity contribution in [3.63, 3.8) is 0 Å². The van der Waals surface area contributed by atoms with E-state index in [0.717, 1.165) is 33.4 Å². The summed E-state index contributed by atoms with van der Waals surface area (Å²) in [6.45, 7) is 21.0. The van der Waals surface area contributed by atoms with E-state index in [0.29, 0.717) is 11.5 Å². The number of benzene rings is 2. The Morgan fingerprint density at radius 3 is 1.15 bits per heavy atom. The Kier molecular flexibility index (Phi) is 5.20. The van der Waals surface area contributed by atoms with Crippen LogP contribution in [0.15, 0.2) is 24.3 Å². The third kappa shape index (κ3) is 4.31. The molecule has 2 rings (SSSR count). The number of hydrogen-bond donors (Lipinski definition) is 2. The molecular weight excluding hydrogens is 332 g/mol. The van der Waals surface area contributed by atoms with Crippen molar-refractivity contribution < 1.29 is 10.2 Å². The number of rotatable bonds is 1. The van der Waals surface area contributed by atoms with Crippen LogP contribution in [0.5, 0.6) is 11.5 Å². The van der Waals surface area contributed by atoms with Gasteiger partial charge in [-0.05, 0) is 64.1 Å². The van der Waals surface area contributed by atoms with Gasteiger partial charge in [0.15, 0.2) is 0 Å². The molecule has 148 valence electrons. The van der Waals surface area contributed by atoms with Crippen LogP contribution in [0.25, 0.3) is 11.1 Å². The van der Waals surface area contributed by atoms with Crippen LogP contribution >= 0.6 is 0 Å². The number of aryl methyl sites for hydroxylation is 1. The second kappa shape index (κ2) is 6.58. The first-order chi connectivity index (χ1) is 12.0. The van der Waals surface area contributed by atoms with Crippen LogP contribution in [-0.2, 0) is 16.2 Å². The highest BCUT2D eigenvalue weighted by atomic mass is 16.3. The van der Waals surface area contributed by atoms with E-state index in [-0.39, 0.29) is 16.2 Å². The highest BCUT2D eigenvalue weighted by Crippen LogP contribution is 2.43. The van der Waals surface area contributed by atoms with Gasteiger partial charge in [-0.15, -0.1) is 0 Å². The third-order valence-electron chi connectivity index (χ3n) is 5.17. The maximum Gasteiger partial charge on any atom is 0.123 e. The van der Waals surface area contributed by atoms with Gasteiger partial charge in [0.05, 0.1) is 0 Å². The highest BCUT2D eigenvalue weighted by molar-refractivity contribution is 5.72. The number of hydrogen-bond acceptors (Lipinski definition) is 2. The van der Waals surface area contributed by atoms with Gasteiger partial charge in [-0.1, -0.05) is 62.3 Å². The Labute approximate surface area is 165 Å². The molecule has 0 aliphatic carbocycles. The minimum Gasteiger partial charge on any atom is -0.507 e. The first-order valence-electron chi connectivity index (χ1n) is 9.76. The van der Waals surface area contributed by atoms with E-state index in [9.17, 15) is 10.2 Å². The van der Waals surface area contributed by atoms with Crippen molar-refractivity contribution in [1.82, 2.24) is 0 Å². The zero-order chi connectivity index (χ0) is 20.9. The predicted molar refractivity (Wildman–Crippen MR) is 116 cm³/mol. The summed E-state index contributed by atoms with van der Waals surface area (Å²) in [6, 6.07) is 8.33. The van der Waals surface area contributed by atoms with E-state index >= 15 is 0 Å². The van der Waals surface area contributed by atoms with E-state index < -0.39 is 0 Å². The number of phenols is 2. The van der Waals surface area contributed by atoms with Crippen molar-refractivity contribution in [3.8, 4) is 22.6 Å². The molecule has 2 nitrogen and oxygen atoms in total. The molecule has 2 heteroatoms. The summed E-state index contributed by atoms with van der Waals surface area (Å²) in [7, 11) is 0. The predicted octanol–water partition coefficient (Wildman–Crippen LogP) is 6.97. The Morgan fingerprint density at radius 1 is 0.519 bits per heavy atom. The number of phenolic OH excluding ortho intramolecular Hbond substituents is 2. The minimum absolute atomic E-state index is 0.151. The van der Waals surface area contributed by atoms with Gasteiger partial charge in [-0.3, -0.25) is 0 Å². The smallest absolute Gasteiger partial charge is 0.123 e. The summed E-state index contributed by atoms with van der Waals surface area (Å²) in [5.41, 5.74) is 5.39. The Morgan fingerprint density at radius 2 is 0.815 bits per heavy atom. The highest BCUT2D eigenvalue weighted by Gasteiger charge is 2.27. The molecule has 0 heterocycles. The van der Waals surface area contributed by atoms with Crippen molar-refractivity contribution in [2.45, 2.75) is 85.5 Å². The van der Waals surface area contributed by atoms with E-state index in [4.69, 9.17) is 0 Å². The summed E-state index contributed by atoms with van der Waals surface area (Å²) in [6.07, 6.45) is 0. The van der Waals surface area contributed by atoms with Crippen molar-refractivity contribution >= 4 is 0 Å². The van der Waals surface area contributed by atoms with Gasteiger partial charge < -0.3 is 10.2 Å². The number of aromatic hydroxyl groups is 2. The molecule has 0 fully saturated rings. The molecule has 0 aromatic heterocycles. The lowest BCUT2D eigenvalue weighted by atomic mass is 9.77. The molecule has 0 unspecified atom stereocenters. The van der Waals surface area contributed by atoms with Crippen LogP contribution in [0.4, 0.5) is 0 Å². The lowest BCUT2D eigenvalue weighted by molar-refractivity contribution is 0.423. The fourth-order valence-corrected chi connectivity index (χ4v) is 3.46. The lowest BCUT2D eigenvalue weighted by Crippen LogP contribution is -2.17. The Bertz CT molecular complexity index is 819. The summed E-state index contributed by atoms with van der Waals surface area (Å²) in [5.74, 6) is 0.766. The molecule has 0 amide bonds. The van der Waals surface area contributed by atoms with Gasteiger partial charge in [0.1, 0.15) is 11.5 Å². The molecule has 2 aromatic carbocycles. The maximum absolute atomic E-state index is 11.0. The molecule has 2 N–H and O–H groups in total. The van der Waals surface area contributed by atoms with Gasteiger partial charge in [-0.2, -0.15) is 0 Å². The molecular formula is C25H36O2. The van der Waals surface area contributed by atoms with Gasteiger partial charge in [0.2, 0.25) is 0 Å². The van der Waals surface area contributed by atoms with Crippen LogP contribution in [0.2, 0.25) is 0 Å². The van der Waals surface area contributed by atoms with Crippen molar-refractivity contribution in [3.05, 3.63) is 46.5 Å². The van der Waals surface area contributed by atoms with E-state index in [1.165, 1.54) is 0 Å². The molecule has 0 bridgehead atoms. The molecule has 0 radical (unpaired) electrons. The van der Waals surface area contributed by atoms with Crippen LogP contribution in [0.1, 0.15) is 84.6 Å². The standard InChI is InChI=1S/C25H36O2/c1-15-11-16(12-18(21(15)26)23(2,3)4)17-13-19(24(5,6)7)22(27)20(14-17)25(8,9)10/h11-14,26-27H,1-10H3. The quantitative estimate of drug-likeness (QED) is 0.571. The zero-order valence-electron chi connectivity index (χ0n) is 18.7. The normalized spacial score (nSPS) is 13.1. The molecule has 0 aliphatic heterocycles. The largest absolute Gasteiger partial charge is 0.507 e. The topological polar surface area (TPSA) is 40.5 Å². The monoisotopic (exact) mass is 368 g/mol. The first-order valence-corrected chi connectivity index (χ1v) is 9.76. The summed E-state index contributed by atoms with van der Waals surface area (Å²) >= 11 is 0. The van der Waals surface area contributed by atoms with Crippen molar-refractivity contribution in [2.24, 2.45) is 0 Å². The molecule has 0 atom stereocenters. The van der Waals surface area contributed by atoms with Gasteiger partial charge in [0.25, 0.3) is 0 Å². The maximum atomic E-state index is 11.0. The Balaban J connectivity index is 2.86. The van der Waals surface area contributed by atoms with Crippen LogP contribution < -0.4 is 0 Å². The van der Waals surface area contributed by atoms with E-state index in [1.807, 2.05) is 13.0 Å². The molecule has 2 aromatic rings. The minimum atomic E-state index is -0.168. The zero-order valence-corrected chi connectivity index (χ0v) is 18.7. The molecule has 0 saturated carbocycles. The van der Waals surface area contributed by atoms with Crippen LogP contribution in [-0.4, -0.2) is 10.2 Å². The average Bonchev–Trinajstić information content (AvgIpc) is 2.46. The fraction of sp³-hybridized carbons (Fsp3) is 0.520. The second-order valence-electron chi connectivity index (χ2n) is 10.9. The van der Waals surface area contributed by atoms with Gasteiger partial charge in [0, 0.05) is 16.7 Å². The summed E-state index contributed by atoms with van der Waals surface area (Å²) in [5, 5.41) is 21.6. The Hall–Kier alpha value is -1.96. The van der Waals surface area contributed by atoms with Crippen molar-refractivity contribution in [2.75, 3.05) is 0 Å². The van der Waals surface area contributed by atoms with Crippen molar-refractivity contribution in [1.29, 1.82) is 0 Å². The molecule has 0 saturated heterocycles. The van der Waals surface area contributed by atoms with Gasteiger partial charge in [-0.25, -0.2) is 0 Å². The second-order valence-corrected chi connectivity index (χ2v) is 10.9. The molecule has 0 aliphatic rings. The van der Waals surface area contributed by atoms with Crippen LogP contribution in [0.3, 0.4) is 0 Å². The summed E-state index contributed by atoms with van der Waals surface area (Å²) < 4.78 is 0. The molecule has 0 spiro atoms. The summed E-state index contributed by atoms with van der Waals surface area (Å²) in [4.78, 5) is 0. The van der Waals surface area contributed by atoms with Crippen LogP contribution in [0, 0.1) is 6.92 Å². The SMILES string of the molecule is Cc1cc(-c2cc(C(C)(C)C)c(O)c(C(C)(C)C)c2)cc(C(C)(C)C)c1O. The lowest BCUT2D eigenvalue weighted by Gasteiger charge is -2.29. The average molecular weight is 369 g/mol. The fourth-order valence-electron chi connectivity index (χ4n) is 3.46. The van der Waals surface area contributed by atoms with E-state index in [2.05, 4.69) is 80.5 Å². The molecule has 27 heavy (non-hydrogen) atoms. The first kappa shape index (κ1) is 21.3. The van der Waals surface area contributed by atoms with Gasteiger partial charge >= 0.3 is 0 Å². The van der Waals surface area contributed by atoms with E-state index in [1.54, 1.807) is 0 Å².